The van der Waals surface area contributed by atoms with Crippen molar-refractivity contribution >= 4 is 17.0 Å². The van der Waals surface area contributed by atoms with Crippen LogP contribution in [0.1, 0.15) is 51.5 Å². The maximum Gasteiger partial charge on any atom is 0.320 e. The van der Waals surface area contributed by atoms with Crippen LogP contribution in [0, 0.1) is 5.92 Å². The van der Waals surface area contributed by atoms with Crippen LogP contribution in [-0.2, 0) is 17.9 Å². The van der Waals surface area contributed by atoms with Gasteiger partial charge in [0, 0.05) is 19.6 Å². The zero-order valence-electron chi connectivity index (χ0n) is 21.5. The fourth-order valence-electron chi connectivity index (χ4n) is 4.66. The number of aromatic nitrogens is 4. The van der Waals surface area contributed by atoms with E-state index in [0.29, 0.717) is 36.2 Å². The second-order valence-electron chi connectivity index (χ2n) is 9.42. The highest BCUT2D eigenvalue weighted by molar-refractivity contribution is 5.83. The maximum absolute atomic E-state index is 10.5. The number of piperidine rings is 1. The van der Waals surface area contributed by atoms with Gasteiger partial charge in [0.05, 0.1) is 19.8 Å². The molecule has 10 heteroatoms. The van der Waals surface area contributed by atoms with Gasteiger partial charge in [-0.15, -0.1) is 0 Å². The van der Waals surface area contributed by atoms with E-state index in [1.54, 1.807) is 7.11 Å². The molecule has 1 unspecified atom stereocenters. The molecule has 10 nitrogen and oxygen atoms in total. The van der Waals surface area contributed by atoms with Crippen molar-refractivity contribution in [1.29, 1.82) is 0 Å². The van der Waals surface area contributed by atoms with E-state index >= 15 is 0 Å². The molecule has 1 saturated heterocycles. The smallest absolute Gasteiger partial charge is 0.320 e. The van der Waals surface area contributed by atoms with Gasteiger partial charge in [0.25, 0.3) is 6.01 Å². The lowest BCUT2D eigenvalue weighted by atomic mass is 9.94. The predicted octanol–water partition coefficient (Wildman–Crippen LogP) is 3.58. The van der Waals surface area contributed by atoms with Gasteiger partial charge >= 0.3 is 6.01 Å². The van der Waals surface area contributed by atoms with Crippen molar-refractivity contribution in [2.45, 2.75) is 71.6 Å². The molecule has 1 fully saturated rings. The number of hydrogen-bond acceptors (Lipinski definition) is 9. The zero-order chi connectivity index (χ0) is 25.5. The first-order valence-corrected chi connectivity index (χ1v) is 12.8. The van der Waals surface area contributed by atoms with Crippen molar-refractivity contribution < 1.29 is 19.3 Å². The van der Waals surface area contributed by atoms with Crippen molar-refractivity contribution in [2.75, 3.05) is 25.9 Å². The molecule has 0 saturated carbocycles. The van der Waals surface area contributed by atoms with Crippen LogP contribution in [0.2, 0.25) is 0 Å². The first-order valence-electron chi connectivity index (χ1n) is 12.8. The number of likely N-dealkylation sites (tertiary alicyclic amines) is 1. The Balaban J connectivity index is 1.34. The number of imidazole rings is 1. The molecule has 0 aliphatic carbocycles. The highest BCUT2D eigenvalue weighted by Gasteiger charge is 2.25. The number of nitrogens with two attached hydrogens (primary N) is 1. The Morgan fingerprint density at radius 2 is 1.89 bits per heavy atom. The highest BCUT2D eigenvalue weighted by atomic mass is 16.6. The van der Waals surface area contributed by atoms with Gasteiger partial charge in [0.1, 0.15) is 0 Å². The molecule has 1 aromatic carbocycles. The van der Waals surface area contributed by atoms with Crippen LogP contribution in [0.15, 0.2) is 30.3 Å². The lowest BCUT2D eigenvalue weighted by Crippen LogP contribution is -2.42. The molecule has 36 heavy (non-hydrogen) atoms. The van der Waals surface area contributed by atoms with E-state index in [1.807, 2.05) is 46.7 Å². The van der Waals surface area contributed by atoms with Gasteiger partial charge in [-0.2, -0.15) is 15.0 Å². The summed E-state index contributed by atoms with van der Waals surface area (Å²) in [7, 11) is 1.59. The van der Waals surface area contributed by atoms with Crippen molar-refractivity contribution in [1.82, 2.24) is 24.4 Å². The van der Waals surface area contributed by atoms with E-state index in [9.17, 15) is 5.11 Å². The summed E-state index contributed by atoms with van der Waals surface area (Å²) in [5, 5.41) is 10.5. The summed E-state index contributed by atoms with van der Waals surface area (Å²) in [4.78, 5) is 15.4. The van der Waals surface area contributed by atoms with E-state index in [-0.39, 0.29) is 17.9 Å². The van der Waals surface area contributed by atoms with Crippen molar-refractivity contribution in [3.8, 4) is 12.0 Å². The quantitative estimate of drug-likeness (QED) is 0.361. The molecule has 0 bridgehead atoms. The number of methoxy groups -OCH3 is 1. The molecule has 1 aliphatic heterocycles. The van der Waals surface area contributed by atoms with Crippen molar-refractivity contribution in [3.63, 3.8) is 0 Å². The minimum absolute atomic E-state index is 0.00215. The first kappa shape index (κ1) is 26.1. The number of nitrogens with zero attached hydrogens (tertiary/aromatic N) is 5. The fraction of sp³-hybridized carbons (Fsp3) is 0.577. The van der Waals surface area contributed by atoms with Crippen LogP contribution in [0.3, 0.4) is 0 Å². The molecule has 1 aliphatic rings. The third-order valence-electron chi connectivity index (χ3n) is 6.71. The van der Waals surface area contributed by atoms with Gasteiger partial charge in [-0.1, -0.05) is 43.7 Å². The monoisotopic (exact) mass is 498 g/mol. The molecule has 2 atom stereocenters. The van der Waals surface area contributed by atoms with Gasteiger partial charge in [-0.25, -0.2) is 0 Å². The molecule has 0 radical (unpaired) electrons. The standard InChI is InChI=1S/C26H38N6O4/c1-4-8-18(2)36-24-29-22(27)21-23(30-24)32(25(28-21)34-3)16-13-19-11-14-31(15-12-19)26(33)35-17-20-9-6-5-7-10-20/h5-7,9-10,18-19,26,33H,4,8,11-17H2,1-3H3,(H2,27,29,30)/t18-,26?/m0/s1. The van der Waals surface area contributed by atoms with E-state index in [2.05, 4.69) is 21.9 Å². The Morgan fingerprint density at radius 3 is 2.58 bits per heavy atom. The normalized spacial score (nSPS) is 16.8. The Bertz CT molecular complexity index is 1100. The molecule has 3 heterocycles. The number of benzene rings is 1. The number of anilines is 1. The second kappa shape index (κ2) is 12.3. The van der Waals surface area contributed by atoms with Crippen LogP contribution in [0.4, 0.5) is 5.82 Å². The predicted molar refractivity (Wildman–Crippen MR) is 137 cm³/mol. The number of rotatable bonds is 12. The highest BCUT2D eigenvalue weighted by Crippen LogP contribution is 2.29. The molecule has 2 aromatic heterocycles. The van der Waals surface area contributed by atoms with E-state index in [4.69, 9.17) is 19.9 Å². The van der Waals surface area contributed by atoms with E-state index in [1.165, 1.54) is 0 Å². The third kappa shape index (κ3) is 6.43. The molecular weight excluding hydrogens is 460 g/mol. The zero-order valence-corrected chi connectivity index (χ0v) is 21.5. The maximum atomic E-state index is 10.5. The van der Waals surface area contributed by atoms with Gasteiger partial charge < -0.3 is 25.1 Å². The third-order valence-corrected chi connectivity index (χ3v) is 6.71. The summed E-state index contributed by atoms with van der Waals surface area (Å²) in [6.07, 6.45) is 3.91. The van der Waals surface area contributed by atoms with Crippen LogP contribution in [0.5, 0.6) is 12.0 Å². The van der Waals surface area contributed by atoms with Crippen molar-refractivity contribution in [2.24, 2.45) is 5.92 Å². The molecular formula is C26H38N6O4. The minimum Gasteiger partial charge on any atom is -0.468 e. The minimum atomic E-state index is -0.892. The SMILES string of the molecule is CCC[C@H](C)Oc1nc(N)c2nc(OC)n(CCC3CCN(C(O)OCc4ccccc4)CC3)c2n1. The summed E-state index contributed by atoms with van der Waals surface area (Å²) in [5.41, 5.74) is 8.38. The average Bonchev–Trinajstić information content (AvgIpc) is 3.25. The lowest BCUT2D eigenvalue weighted by Gasteiger charge is -2.34. The molecule has 0 amide bonds. The Hall–Kier alpha value is -2.95. The summed E-state index contributed by atoms with van der Waals surface area (Å²) in [5.74, 6) is 0.790. The van der Waals surface area contributed by atoms with Crippen LogP contribution < -0.4 is 15.2 Å². The summed E-state index contributed by atoms with van der Waals surface area (Å²) in [6.45, 7) is 6.76. The number of aliphatic hydroxyl groups is 1. The van der Waals surface area contributed by atoms with Gasteiger partial charge in [-0.05, 0) is 44.1 Å². The number of nitrogen functional groups attached to an aromatic ring is 1. The van der Waals surface area contributed by atoms with Crippen LogP contribution in [0.25, 0.3) is 11.2 Å². The van der Waals surface area contributed by atoms with Crippen molar-refractivity contribution in [3.05, 3.63) is 35.9 Å². The number of aliphatic hydroxyl groups excluding tert-OH is 1. The summed E-state index contributed by atoms with van der Waals surface area (Å²) < 4.78 is 19.1. The van der Waals surface area contributed by atoms with Gasteiger partial charge in [0.15, 0.2) is 17.0 Å². The molecule has 0 spiro atoms. The molecule has 4 rings (SSSR count). The second-order valence-corrected chi connectivity index (χ2v) is 9.42. The molecule has 3 aromatic rings. The topological polar surface area (TPSA) is 121 Å². The van der Waals surface area contributed by atoms with Crippen LogP contribution in [-0.4, -0.2) is 62.2 Å². The largest absolute Gasteiger partial charge is 0.468 e. The first-order chi connectivity index (χ1) is 17.5. The van der Waals surface area contributed by atoms with E-state index in [0.717, 1.165) is 50.8 Å². The number of aryl methyl sites for hydroxylation is 1. The average molecular weight is 499 g/mol. The Labute approximate surface area is 212 Å². The summed E-state index contributed by atoms with van der Waals surface area (Å²) in [6, 6.07) is 10.6. The lowest BCUT2D eigenvalue weighted by molar-refractivity contribution is -0.206. The molecule has 3 N–H and O–H groups in total. The Kier molecular flexibility index (Phi) is 8.95. The summed E-state index contributed by atoms with van der Waals surface area (Å²) >= 11 is 0. The number of fused-ring (bicyclic) bond motifs is 1. The molecule has 196 valence electrons. The van der Waals surface area contributed by atoms with Crippen LogP contribution >= 0.6 is 0 Å². The number of hydrogen-bond donors (Lipinski definition) is 2. The Morgan fingerprint density at radius 1 is 1.14 bits per heavy atom. The van der Waals surface area contributed by atoms with E-state index < -0.39 is 6.41 Å². The van der Waals surface area contributed by atoms with Gasteiger partial charge in [0.2, 0.25) is 6.41 Å². The number of ether oxygens (including phenoxy) is 3. The fourth-order valence-corrected chi connectivity index (χ4v) is 4.66. The van der Waals surface area contributed by atoms with Gasteiger partial charge in [-0.3, -0.25) is 9.47 Å².